The molecule has 120 valence electrons. The van der Waals surface area contributed by atoms with Crippen LogP contribution >= 0.6 is 11.3 Å². The van der Waals surface area contributed by atoms with Crippen LogP contribution in [-0.2, 0) is 0 Å². The third-order valence-electron chi connectivity index (χ3n) is 3.77. The minimum absolute atomic E-state index is 0.0479. The number of amides is 1. The van der Waals surface area contributed by atoms with E-state index in [4.69, 9.17) is 4.42 Å². The van der Waals surface area contributed by atoms with Crippen LogP contribution in [-0.4, -0.2) is 28.9 Å². The van der Waals surface area contributed by atoms with Crippen molar-refractivity contribution >= 4 is 27.5 Å². The maximum atomic E-state index is 12.5. The van der Waals surface area contributed by atoms with Crippen LogP contribution in [0.1, 0.15) is 37.2 Å². The Hall–Kier alpha value is -2.14. The largest absolute Gasteiger partial charge is 0.448 e. The summed E-state index contributed by atoms with van der Waals surface area (Å²) in [5.41, 5.74) is 0.954. The number of carbonyl (C=O) groups is 1. The average molecular weight is 328 g/mol. The van der Waals surface area contributed by atoms with Gasteiger partial charge in [-0.25, -0.2) is 4.98 Å². The van der Waals surface area contributed by atoms with Crippen LogP contribution in [0.4, 0.5) is 0 Å². The first kappa shape index (κ1) is 15.7. The molecule has 0 fully saturated rings. The lowest BCUT2D eigenvalue weighted by Gasteiger charge is -2.18. The number of furan rings is 1. The van der Waals surface area contributed by atoms with Gasteiger partial charge < -0.3 is 9.32 Å². The highest BCUT2D eigenvalue weighted by Gasteiger charge is 2.19. The first-order valence-corrected chi connectivity index (χ1v) is 8.79. The molecule has 1 amide bonds. The molecule has 0 saturated heterocycles. The molecule has 5 heteroatoms. The number of carbonyl (C=O) groups excluding carboxylic acids is 1. The van der Waals surface area contributed by atoms with Crippen molar-refractivity contribution in [3.63, 3.8) is 0 Å². The van der Waals surface area contributed by atoms with Gasteiger partial charge in [-0.1, -0.05) is 25.5 Å². The van der Waals surface area contributed by atoms with E-state index in [0.29, 0.717) is 18.1 Å². The Morgan fingerprint density at radius 1 is 1.22 bits per heavy atom. The predicted molar refractivity (Wildman–Crippen MR) is 93.8 cm³/mol. The van der Waals surface area contributed by atoms with E-state index in [9.17, 15) is 4.79 Å². The molecule has 2 aromatic heterocycles. The highest BCUT2D eigenvalue weighted by atomic mass is 32.1. The summed E-state index contributed by atoms with van der Waals surface area (Å²) >= 11 is 1.57. The van der Waals surface area contributed by atoms with Crippen molar-refractivity contribution in [3.05, 3.63) is 42.2 Å². The van der Waals surface area contributed by atoms with Crippen molar-refractivity contribution in [2.45, 2.75) is 26.7 Å². The van der Waals surface area contributed by atoms with Crippen molar-refractivity contribution in [3.8, 4) is 10.8 Å². The van der Waals surface area contributed by atoms with E-state index in [2.05, 4.69) is 11.9 Å². The Balaban J connectivity index is 1.83. The first-order valence-electron chi connectivity index (χ1n) is 7.98. The third-order valence-corrected chi connectivity index (χ3v) is 4.82. The standard InChI is InChI=1S/C18H20N2O2S/c1-3-5-12-20(4-2)18(21)15-11-10-14(22-15)17-19-13-8-6-7-9-16(13)23-17/h6-11H,3-5,12H2,1-2H3. The van der Waals surface area contributed by atoms with Gasteiger partial charge in [0.2, 0.25) is 0 Å². The second-order valence-corrected chi connectivity index (χ2v) is 6.42. The Morgan fingerprint density at radius 2 is 2.04 bits per heavy atom. The van der Waals surface area contributed by atoms with E-state index in [1.165, 1.54) is 0 Å². The Bertz CT molecular complexity index is 773. The number of aromatic nitrogens is 1. The summed E-state index contributed by atoms with van der Waals surface area (Å²) in [5, 5.41) is 0.807. The van der Waals surface area contributed by atoms with Gasteiger partial charge in [0.05, 0.1) is 10.2 Å². The molecule has 0 aliphatic rings. The van der Waals surface area contributed by atoms with Crippen LogP contribution in [0.15, 0.2) is 40.8 Å². The minimum Gasteiger partial charge on any atom is -0.448 e. The molecule has 2 heterocycles. The fourth-order valence-electron chi connectivity index (χ4n) is 2.45. The SMILES string of the molecule is CCCCN(CC)C(=O)c1ccc(-c2nc3ccccc3s2)o1. The summed E-state index contributed by atoms with van der Waals surface area (Å²) in [6.45, 7) is 5.57. The number of thiazole rings is 1. The molecule has 4 nitrogen and oxygen atoms in total. The van der Waals surface area contributed by atoms with Gasteiger partial charge in [-0.3, -0.25) is 4.79 Å². The molecule has 0 saturated carbocycles. The molecular weight excluding hydrogens is 308 g/mol. The van der Waals surface area contributed by atoms with Crippen LogP contribution in [0.5, 0.6) is 0 Å². The van der Waals surface area contributed by atoms with E-state index in [1.54, 1.807) is 17.4 Å². The normalized spacial score (nSPS) is 11.0. The summed E-state index contributed by atoms with van der Waals surface area (Å²) in [6, 6.07) is 11.6. The van der Waals surface area contributed by atoms with E-state index >= 15 is 0 Å². The van der Waals surface area contributed by atoms with E-state index in [1.807, 2.05) is 42.2 Å². The van der Waals surface area contributed by atoms with Crippen molar-refractivity contribution in [1.82, 2.24) is 9.88 Å². The highest BCUT2D eigenvalue weighted by Crippen LogP contribution is 2.31. The lowest BCUT2D eigenvalue weighted by Crippen LogP contribution is -2.31. The Morgan fingerprint density at radius 3 is 2.78 bits per heavy atom. The van der Waals surface area contributed by atoms with Crippen molar-refractivity contribution < 1.29 is 9.21 Å². The summed E-state index contributed by atoms with van der Waals surface area (Å²) in [6.07, 6.45) is 2.07. The molecule has 0 aliphatic heterocycles. The number of nitrogens with zero attached hydrogens (tertiary/aromatic N) is 2. The number of benzene rings is 1. The molecular formula is C18H20N2O2S. The van der Waals surface area contributed by atoms with Gasteiger partial charge in [-0.05, 0) is 37.6 Å². The average Bonchev–Trinajstić information content (AvgIpc) is 3.21. The quantitative estimate of drug-likeness (QED) is 0.652. The van der Waals surface area contributed by atoms with Crippen LogP contribution in [0, 0.1) is 0 Å². The van der Waals surface area contributed by atoms with Gasteiger partial charge in [0, 0.05) is 13.1 Å². The van der Waals surface area contributed by atoms with Crippen LogP contribution in [0.2, 0.25) is 0 Å². The van der Waals surface area contributed by atoms with Crippen LogP contribution in [0.3, 0.4) is 0 Å². The van der Waals surface area contributed by atoms with Crippen molar-refractivity contribution in [2.24, 2.45) is 0 Å². The van der Waals surface area contributed by atoms with Gasteiger partial charge in [0.15, 0.2) is 16.5 Å². The molecule has 3 aromatic rings. The highest BCUT2D eigenvalue weighted by molar-refractivity contribution is 7.21. The van der Waals surface area contributed by atoms with Gasteiger partial charge in [0.25, 0.3) is 5.91 Å². The maximum Gasteiger partial charge on any atom is 0.289 e. The summed E-state index contributed by atoms with van der Waals surface area (Å²) in [5.74, 6) is 0.992. The van der Waals surface area contributed by atoms with Crippen LogP contribution < -0.4 is 0 Å². The Kier molecular flexibility index (Phi) is 4.76. The molecule has 23 heavy (non-hydrogen) atoms. The lowest BCUT2D eigenvalue weighted by molar-refractivity contribution is 0.0731. The molecule has 0 atom stereocenters. The van der Waals surface area contributed by atoms with Crippen LogP contribution in [0.25, 0.3) is 21.0 Å². The minimum atomic E-state index is -0.0479. The second-order valence-electron chi connectivity index (χ2n) is 5.39. The maximum absolute atomic E-state index is 12.5. The summed E-state index contributed by atoms with van der Waals surface area (Å²) in [4.78, 5) is 18.9. The number of rotatable bonds is 6. The number of hydrogen-bond donors (Lipinski definition) is 0. The van der Waals surface area contributed by atoms with E-state index < -0.39 is 0 Å². The molecule has 0 unspecified atom stereocenters. The van der Waals surface area contributed by atoms with Gasteiger partial charge in [0.1, 0.15) is 0 Å². The zero-order valence-electron chi connectivity index (χ0n) is 13.4. The molecule has 1 aromatic carbocycles. The first-order chi connectivity index (χ1) is 11.2. The van der Waals surface area contributed by atoms with E-state index in [0.717, 1.165) is 34.6 Å². The topological polar surface area (TPSA) is 46.3 Å². The molecule has 0 spiro atoms. The predicted octanol–water partition coefficient (Wildman–Crippen LogP) is 4.82. The van der Waals surface area contributed by atoms with E-state index in [-0.39, 0.29) is 5.91 Å². The smallest absolute Gasteiger partial charge is 0.289 e. The molecule has 0 radical (unpaired) electrons. The number of para-hydroxylation sites is 1. The third kappa shape index (κ3) is 3.29. The summed E-state index contributed by atoms with van der Waals surface area (Å²) in [7, 11) is 0. The number of unbranched alkanes of at least 4 members (excludes halogenated alkanes) is 1. The molecule has 0 N–H and O–H groups in total. The Labute approximate surface area is 139 Å². The van der Waals surface area contributed by atoms with Crippen molar-refractivity contribution in [1.29, 1.82) is 0 Å². The summed E-state index contributed by atoms with van der Waals surface area (Å²) < 4.78 is 6.90. The second kappa shape index (κ2) is 6.96. The number of hydrogen-bond acceptors (Lipinski definition) is 4. The van der Waals surface area contributed by atoms with Gasteiger partial charge in [-0.15, -0.1) is 11.3 Å². The van der Waals surface area contributed by atoms with Crippen molar-refractivity contribution in [2.75, 3.05) is 13.1 Å². The number of fused-ring (bicyclic) bond motifs is 1. The van der Waals surface area contributed by atoms with Gasteiger partial charge in [-0.2, -0.15) is 0 Å². The lowest BCUT2D eigenvalue weighted by atomic mass is 10.3. The van der Waals surface area contributed by atoms with Gasteiger partial charge >= 0.3 is 0 Å². The zero-order valence-corrected chi connectivity index (χ0v) is 14.2. The fourth-order valence-corrected chi connectivity index (χ4v) is 3.38. The molecule has 0 aliphatic carbocycles. The zero-order chi connectivity index (χ0) is 16.2. The molecule has 3 rings (SSSR count). The fraction of sp³-hybridized carbons (Fsp3) is 0.333. The monoisotopic (exact) mass is 328 g/mol. The molecule has 0 bridgehead atoms.